The molecule has 0 aliphatic rings. The molecule has 9 heteroatoms. The molecule has 1 heterocycles. The van der Waals surface area contributed by atoms with Gasteiger partial charge in [0.1, 0.15) is 5.82 Å². The number of rotatable bonds is 3. The molecule has 0 saturated heterocycles. The van der Waals surface area contributed by atoms with Crippen molar-refractivity contribution < 1.29 is 18.6 Å². The van der Waals surface area contributed by atoms with E-state index in [1.807, 2.05) is 0 Å². The first-order chi connectivity index (χ1) is 8.99. The Hall–Kier alpha value is -2.97. The van der Waals surface area contributed by atoms with Crippen LogP contribution in [0.1, 0.15) is 20.8 Å². The Morgan fingerprint density at radius 2 is 2.05 bits per heavy atom. The molecule has 0 fully saturated rings. The largest absolute Gasteiger partial charge is 0.379 e. The highest BCUT2D eigenvalue weighted by Crippen LogP contribution is 2.16. The summed E-state index contributed by atoms with van der Waals surface area (Å²) in [4.78, 5) is 22.7. The van der Waals surface area contributed by atoms with Crippen LogP contribution in [0, 0.1) is 5.82 Å². The predicted molar refractivity (Wildman–Crippen MR) is 61.6 cm³/mol. The maximum Gasteiger partial charge on any atom is 0.281 e. The minimum atomic E-state index is -0.948. The highest BCUT2D eigenvalue weighted by molar-refractivity contribution is 6.06. The quantitative estimate of drug-likeness (QED) is 0.721. The topological polar surface area (TPSA) is 137 Å². The molecule has 5 N–H and O–H groups in total. The van der Waals surface area contributed by atoms with E-state index in [9.17, 15) is 14.0 Å². The van der Waals surface area contributed by atoms with Crippen molar-refractivity contribution in [1.82, 2.24) is 10.3 Å². The van der Waals surface area contributed by atoms with E-state index in [0.717, 1.165) is 12.1 Å². The first kappa shape index (κ1) is 12.5. The third-order valence-electron chi connectivity index (χ3n) is 2.22. The fraction of sp³-hybridized carbons (Fsp3) is 0. The number of benzene rings is 1. The molecule has 8 nitrogen and oxygen atoms in total. The first-order valence-corrected chi connectivity index (χ1v) is 4.97. The lowest BCUT2D eigenvalue weighted by atomic mass is 10.1. The highest BCUT2D eigenvalue weighted by Gasteiger charge is 2.17. The zero-order valence-electron chi connectivity index (χ0n) is 9.38. The Labute approximate surface area is 105 Å². The summed E-state index contributed by atoms with van der Waals surface area (Å²) in [5, 5.41) is 8.89. The lowest BCUT2D eigenvalue weighted by molar-refractivity contribution is 0.0991. The van der Waals surface area contributed by atoms with E-state index in [1.54, 1.807) is 0 Å². The summed E-state index contributed by atoms with van der Waals surface area (Å²) >= 11 is 0. The van der Waals surface area contributed by atoms with Gasteiger partial charge >= 0.3 is 0 Å². The molecular formula is C10H8FN5O3. The Bertz CT molecular complexity index is 654. The van der Waals surface area contributed by atoms with Crippen LogP contribution >= 0.6 is 0 Å². The number of carbonyl (C=O) groups excluding carboxylic acids is 2. The summed E-state index contributed by atoms with van der Waals surface area (Å²) < 4.78 is 17.5. The summed E-state index contributed by atoms with van der Waals surface area (Å²) in [6.07, 6.45) is 0. The third kappa shape index (κ3) is 2.49. The molecule has 0 aliphatic carbocycles. The second kappa shape index (κ2) is 4.72. The Kier molecular flexibility index (Phi) is 3.10. The summed E-state index contributed by atoms with van der Waals surface area (Å²) in [5.74, 6) is -2.63. The van der Waals surface area contributed by atoms with E-state index < -0.39 is 17.6 Å². The van der Waals surface area contributed by atoms with E-state index in [2.05, 4.69) is 20.3 Å². The van der Waals surface area contributed by atoms with Gasteiger partial charge in [-0.2, -0.15) is 0 Å². The SMILES string of the molecule is NC(=O)c1cc(NC(=O)c2nonc2N)ccc1F. The number of primary amides is 1. The minimum absolute atomic E-state index is 0.155. The van der Waals surface area contributed by atoms with Gasteiger partial charge in [-0.15, -0.1) is 0 Å². The van der Waals surface area contributed by atoms with Crippen LogP contribution in [0.2, 0.25) is 0 Å². The first-order valence-electron chi connectivity index (χ1n) is 4.97. The third-order valence-corrected chi connectivity index (χ3v) is 2.22. The zero-order chi connectivity index (χ0) is 14.0. The molecule has 0 aliphatic heterocycles. The molecule has 1 aromatic carbocycles. The summed E-state index contributed by atoms with van der Waals surface area (Å²) in [6, 6.07) is 3.35. The van der Waals surface area contributed by atoms with Gasteiger partial charge in [0.05, 0.1) is 5.56 Å². The van der Waals surface area contributed by atoms with Gasteiger partial charge in [-0.05, 0) is 28.5 Å². The second-order valence-electron chi connectivity index (χ2n) is 3.51. The molecule has 19 heavy (non-hydrogen) atoms. The monoisotopic (exact) mass is 265 g/mol. The molecule has 0 spiro atoms. The molecule has 0 atom stereocenters. The van der Waals surface area contributed by atoms with Crippen LogP contribution in [0.3, 0.4) is 0 Å². The Morgan fingerprint density at radius 1 is 1.32 bits per heavy atom. The second-order valence-corrected chi connectivity index (χ2v) is 3.51. The Morgan fingerprint density at radius 3 is 2.63 bits per heavy atom. The molecule has 1 aromatic heterocycles. The Balaban J connectivity index is 2.25. The van der Waals surface area contributed by atoms with Crippen molar-refractivity contribution in [2.24, 2.45) is 5.73 Å². The van der Waals surface area contributed by atoms with Crippen molar-refractivity contribution in [3.05, 3.63) is 35.3 Å². The van der Waals surface area contributed by atoms with Crippen molar-refractivity contribution in [3.63, 3.8) is 0 Å². The molecule has 98 valence electrons. The molecule has 2 amide bonds. The average Bonchev–Trinajstić information content (AvgIpc) is 2.77. The molecule has 0 saturated carbocycles. The maximum atomic E-state index is 13.2. The van der Waals surface area contributed by atoms with Crippen LogP contribution in [-0.4, -0.2) is 22.1 Å². The molecule has 2 rings (SSSR count). The van der Waals surface area contributed by atoms with Gasteiger partial charge in [0.2, 0.25) is 11.5 Å². The van der Waals surface area contributed by atoms with Gasteiger partial charge in [-0.3, -0.25) is 9.59 Å². The average molecular weight is 265 g/mol. The van der Waals surface area contributed by atoms with Crippen LogP contribution in [0.25, 0.3) is 0 Å². The number of hydrogen-bond donors (Lipinski definition) is 3. The standard InChI is InChI=1S/C10H8FN5O3/c11-6-2-1-4(3-5(6)9(13)17)14-10(18)7-8(12)16-19-15-7/h1-3H,(H2,12,16)(H2,13,17)(H,14,18). The van der Waals surface area contributed by atoms with E-state index in [1.165, 1.54) is 6.07 Å². The number of aromatic nitrogens is 2. The van der Waals surface area contributed by atoms with Gasteiger partial charge in [0.25, 0.3) is 11.8 Å². The van der Waals surface area contributed by atoms with Crippen LogP contribution in [0.4, 0.5) is 15.9 Å². The van der Waals surface area contributed by atoms with E-state index in [4.69, 9.17) is 11.5 Å². The lowest BCUT2D eigenvalue weighted by Crippen LogP contribution is -2.17. The van der Waals surface area contributed by atoms with E-state index in [-0.39, 0.29) is 22.8 Å². The van der Waals surface area contributed by atoms with Gasteiger partial charge in [0.15, 0.2) is 0 Å². The molecule has 0 unspecified atom stereocenters. The van der Waals surface area contributed by atoms with Crippen molar-refractivity contribution in [3.8, 4) is 0 Å². The number of amides is 2. The summed E-state index contributed by atoms with van der Waals surface area (Å²) in [7, 11) is 0. The molecule has 0 bridgehead atoms. The van der Waals surface area contributed by atoms with Crippen molar-refractivity contribution in [2.75, 3.05) is 11.1 Å². The zero-order valence-corrected chi connectivity index (χ0v) is 9.38. The fourth-order valence-electron chi connectivity index (χ4n) is 1.34. The van der Waals surface area contributed by atoms with E-state index >= 15 is 0 Å². The molecule has 2 aromatic rings. The number of nitrogens with zero attached hydrogens (tertiary/aromatic N) is 2. The number of nitrogen functional groups attached to an aromatic ring is 1. The number of hydrogen-bond acceptors (Lipinski definition) is 6. The number of halogens is 1. The number of nitrogens with one attached hydrogen (secondary N) is 1. The van der Waals surface area contributed by atoms with Crippen LogP contribution in [0.15, 0.2) is 22.8 Å². The molecular weight excluding hydrogens is 257 g/mol. The van der Waals surface area contributed by atoms with Crippen LogP contribution in [0.5, 0.6) is 0 Å². The highest BCUT2D eigenvalue weighted by atomic mass is 19.1. The number of anilines is 2. The number of nitrogens with two attached hydrogens (primary N) is 2. The fourth-order valence-corrected chi connectivity index (χ4v) is 1.34. The maximum absolute atomic E-state index is 13.2. The van der Waals surface area contributed by atoms with Gasteiger partial charge in [-0.1, -0.05) is 0 Å². The van der Waals surface area contributed by atoms with Gasteiger partial charge < -0.3 is 16.8 Å². The van der Waals surface area contributed by atoms with Crippen molar-refractivity contribution in [1.29, 1.82) is 0 Å². The smallest absolute Gasteiger partial charge is 0.281 e. The van der Waals surface area contributed by atoms with Gasteiger partial charge in [0, 0.05) is 5.69 Å². The van der Waals surface area contributed by atoms with Crippen LogP contribution in [-0.2, 0) is 0 Å². The van der Waals surface area contributed by atoms with Crippen molar-refractivity contribution >= 4 is 23.3 Å². The predicted octanol–water partition coefficient (Wildman–Crippen LogP) is 0.142. The normalized spacial score (nSPS) is 10.2. The summed E-state index contributed by atoms with van der Waals surface area (Å²) in [5.41, 5.74) is 9.91. The molecule has 0 radical (unpaired) electrons. The van der Waals surface area contributed by atoms with Crippen LogP contribution < -0.4 is 16.8 Å². The summed E-state index contributed by atoms with van der Waals surface area (Å²) in [6.45, 7) is 0. The number of carbonyl (C=O) groups is 2. The van der Waals surface area contributed by atoms with E-state index in [0.29, 0.717) is 0 Å². The lowest BCUT2D eigenvalue weighted by Gasteiger charge is -2.05. The van der Waals surface area contributed by atoms with Gasteiger partial charge in [-0.25, -0.2) is 9.02 Å². The van der Waals surface area contributed by atoms with Crippen molar-refractivity contribution in [2.45, 2.75) is 0 Å². The minimum Gasteiger partial charge on any atom is -0.379 e.